The monoisotopic (exact) mass is 1850 g/mol. The number of nitriles is 2. The molecular formula is C67H89Cl2N23O13S11. The highest BCUT2D eigenvalue weighted by Gasteiger charge is 2.40. The van der Waals surface area contributed by atoms with Crippen molar-refractivity contribution in [2.24, 2.45) is 33.8 Å². The summed E-state index contributed by atoms with van der Waals surface area (Å²) in [6, 6.07) is 26.1. The van der Waals surface area contributed by atoms with Gasteiger partial charge in [0, 0.05) is 161 Å². The number of nitrogens with zero attached hydrogens (tertiary/aromatic N) is 17. The number of anilines is 2. The van der Waals surface area contributed by atoms with Crippen LogP contribution in [0, 0.1) is 64.6 Å². The molecule has 0 amide bonds. The molecule has 9 aromatic rings. The van der Waals surface area contributed by atoms with Crippen molar-refractivity contribution >= 4 is 171 Å². The minimum Gasteiger partial charge on any atom is -0.396 e. The lowest BCUT2D eigenvalue weighted by Crippen LogP contribution is -2.24. The van der Waals surface area contributed by atoms with E-state index in [0.29, 0.717) is 103 Å². The number of nitrogens with two attached hydrogens (primary N) is 3. The predicted octanol–water partition coefficient (Wildman–Crippen LogP) is 3.36. The van der Waals surface area contributed by atoms with Gasteiger partial charge < -0.3 is 63.4 Å². The number of benzene rings is 3. The van der Waals surface area contributed by atoms with Crippen LogP contribution in [0.5, 0.6) is 0 Å². The van der Waals surface area contributed by atoms with Crippen LogP contribution in [-0.2, 0) is 128 Å². The highest BCUT2D eigenvalue weighted by Crippen LogP contribution is 2.41. The Morgan fingerprint density at radius 2 is 0.914 bits per heavy atom. The van der Waals surface area contributed by atoms with E-state index in [-0.39, 0.29) is 94.2 Å². The fourth-order valence-electron chi connectivity index (χ4n) is 13.3. The number of aliphatic hydroxyl groups excluding tert-OH is 8. The van der Waals surface area contributed by atoms with E-state index < -0.39 is 56.0 Å². The molecule has 116 heavy (non-hydrogen) atoms. The van der Waals surface area contributed by atoms with Gasteiger partial charge in [-0.15, -0.1) is 21.7 Å². The van der Waals surface area contributed by atoms with Gasteiger partial charge in [0.1, 0.15) is 19.0 Å². The molecule has 9 unspecified atom stereocenters. The van der Waals surface area contributed by atoms with Crippen molar-refractivity contribution in [1.29, 1.82) is 10.5 Å². The molecule has 36 nitrogen and oxygen atoms in total. The third kappa shape index (κ3) is 28.5. The number of aliphatic hydroxyl groups is 8. The number of terminal acetylenes is 1. The van der Waals surface area contributed by atoms with Crippen LogP contribution in [0.4, 0.5) is 11.6 Å². The molecule has 49 heteroatoms. The van der Waals surface area contributed by atoms with Gasteiger partial charge in [-0.25, -0.2) is 54.2 Å². The largest absolute Gasteiger partial charge is 0.396 e. The highest BCUT2D eigenvalue weighted by molar-refractivity contribution is 8.72. The molecule has 0 radical (unpaired) electrons. The number of hydrogen-bond donors (Lipinski definition) is 14. The predicted molar refractivity (Wildman–Crippen MR) is 463 cm³/mol. The van der Waals surface area contributed by atoms with E-state index in [1.807, 2.05) is 72.8 Å². The third-order valence-electron chi connectivity index (χ3n) is 18.2. The highest BCUT2D eigenvalue weighted by atomic mass is 35.7. The summed E-state index contributed by atoms with van der Waals surface area (Å²) in [6.07, 6.45) is 10.5. The first-order valence-corrected chi connectivity index (χ1v) is 49.0. The molecule has 15 rings (SSSR count). The molecule has 0 bridgehead atoms. The number of fused-ring (bicyclic) bond motifs is 6. The van der Waals surface area contributed by atoms with E-state index in [9.17, 15) is 52.6 Å². The minimum absolute atomic E-state index is 0. The zero-order chi connectivity index (χ0) is 83.2. The molecule has 6 aromatic heterocycles. The zero-order valence-corrected chi connectivity index (χ0v) is 71.8. The molecule has 6 aliphatic carbocycles. The van der Waals surface area contributed by atoms with E-state index in [4.69, 9.17) is 44.5 Å². The third-order valence-corrected chi connectivity index (χ3v) is 32.3. The molecule has 0 aliphatic heterocycles. The molecule has 3 fully saturated rings. The standard InChI is InChI=1S/C19H23N7O5S.C19H22N6O3.C10H12ClN5O2.C9H11NO.C5H4.2C2H3N.CH4.ClH2NO2S.H3N.S9.H2/c20-32(29,30)31-8-11-5-12(7-14(11)27)26-19-17(24-25-26)18(21-9-22-19)23-16-13-4-2-1-3-10(13)6-15(16)28;26-8-11-5-12(7-14(11)27)25-19-17(23-24-25)18(20-9-21-19)22-16-13-4-2-1-3-10(13)6-15(16)28;11-9-8-10(13-4-12-9)16(15-14-8)6-1-5(3-17)7(18)2-6;10-9-7-4-2-1-3-6(7)5-8(9)11;1-3-5-4-2;2*1-2-3;;1-5(2,3)4;;1-3-5-7-9-8-6-4-2;/h1-4,9,11-12,14-16,27-28H,5-8H2,(H2,20,29,30)(H,21,22,23);1-4,9,11-12,14-16,26-28H,5-8H2,(H,20,21,22);4-7,17-18H,1-3H2;1-4,8-9,11H,5,10H2;1H,2H3;2*1H3;1H4;(H2,2,3,4);1H3;;1H/t2*11?,12?,14?,15-,16+;;8-,9+;;;;;;;;/m00.0......../s1. The molecule has 15 atom stereocenters. The summed E-state index contributed by atoms with van der Waals surface area (Å²) in [5, 5.41) is 135. The van der Waals surface area contributed by atoms with E-state index in [1.54, 1.807) is 77.5 Å². The van der Waals surface area contributed by atoms with Gasteiger partial charge in [-0.2, -0.15) is 27.4 Å². The second-order valence-electron chi connectivity index (χ2n) is 25.3. The van der Waals surface area contributed by atoms with Crippen LogP contribution in [-0.4, -0.2) is 189 Å². The maximum Gasteiger partial charge on any atom is 0.333 e. The van der Waals surface area contributed by atoms with Crippen LogP contribution in [0.2, 0.25) is 5.15 Å². The molecule has 0 spiro atoms. The van der Waals surface area contributed by atoms with Gasteiger partial charge in [0.05, 0.1) is 91.6 Å². The van der Waals surface area contributed by atoms with Gasteiger partial charge in [0.15, 0.2) is 50.3 Å². The molecule has 19 N–H and O–H groups in total. The fourth-order valence-corrected chi connectivity index (χ4v) is 27.6. The lowest BCUT2D eigenvalue weighted by Gasteiger charge is -2.18. The van der Waals surface area contributed by atoms with Crippen LogP contribution in [0.15, 0.2) is 91.8 Å². The van der Waals surface area contributed by atoms with E-state index in [2.05, 4.69) is 132 Å². The van der Waals surface area contributed by atoms with Crippen molar-refractivity contribution in [3.63, 3.8) is 0 Å². The molecule has 0 saturated heterocycles. The number of aromatic nitrogens is 15. The molecule has 3 aromatic carbocycles. The second kappa shape index (κ2) is 49.3. The Hall–Kier alpha value is -7.26. The Labute approximate surface area is 710 Å². The second-order valence-corrected chi connectivity index (χ2v) is 41.5. The van der Waals surface area contributed by atoms with Gasteiger partial charge in [-0.3, -0.25) is 4.18 Å². The van der Waals surface area contributed by atoms with Crippen molar-refractivity contribution in [3.8, 4) is 36.3 Å². The van der Waals surface area contributed by atoms with Crippen molar-refractivity contribution in [2.75, 3.05) is 30.5 Å². The Morgan fingerprint density at radius 1 is 0.569 bits per heavy atom. The van der Waals surface area contributed by atoms with Crippen molar-refractivity contribution in [1.82, 2.24) is 81.0 Å². The van der Waals surface area contributed by atoms with Crippen LogP contribution >= 0.6 is 22.3 Å². The van der Waals surface area contributed by atoms with Crippen molar-refractivity contribution < 1.29 is 63.3 Å². The molecule has 6 aliphatic rings. The summed E-state index contributed by atoms with van der Waals surface area (Å²) in [5.41, 5.74) is 15.3. The summed E-state index contributed by atoms with van der Waals surface area (Å²) in [4.78, 5) is 25.2. The average Bonchev–Trinajstić information content (AvgIpc) is 1.66. The first-order chi connectivity index (χ1) is 54.6. The van der Waals surface area contributed by atoms with Gasteiger partial charge in [0.2, 0.25) is 0 Å². The van der Waals surface area contributed by atoms with E-state index in [0.717, 1.165) is 27.8 Å². The normalized spacial score (nSPS) is 23.1. The number of hydrogen-bond acceptors (Lipinski definition) is 33. The first kappa shape index (κ1) is 99.3. The van der Waals surface area contributed by atoms with E-state index in [1.165, 1.54) is 56.2 Å². The maximum absolute atomic E-state index is 11.1. The lowest BCUT2D eigenvalue weighted by molar-refractivity contribution is 0.0901. The molecular weight excluding hydrogens is 1760 g/mol. The smallest absolute Gasteiger partial charge is 0.333 e. The Kier molecular flexibility index (Phi) is 42.2. The Morgan fingerprint density at radius 3 is 1.28 bits per heavy atom. The minimum atomic E-state index is -4.08. The van der Waals surface area contributed by atoms with Gasteiger partial charge in [0.25, 0.3) is 9.24 Å². The SMILES string of the molecule is C.C#CC#CC.CC#N.CC#N.N.NS(=O)(=O)Cl.NS(=O)(=O)OCC1CC(n2nnc3c(N[C@@H]4c5ccccc5C[C@@H]4O)ncnc32)CC1O.N[C@@H]1c2ccccc2C[C@@H]1O.OCC1CC(n2nnc3c(Cl)ncnc32)CC1O.OCC1CC(n2nnc3c(N[C@@H]4c5ccccc5C[C@@H]4O)ncnc32)CC1O.S=S=S=S=S=S=S=S=S.[HH]. The maximum atomic E-state index is 11.1. The number of halogens is 2. The molecule has 630 valence electrons. The molecule has 6 heterocycles. The van der Waals surface area contributed by atoms with Gasteiger partial charge >= 0.3 is 10.3 Å². The lowest BCUT2D eigenvalue weighted by atomic mass is 10.1. The van der Waals surface area contributed by atoms with Gasteiger partial charge in [-0.1, -0.05) is 113 Å². The van der Waals surface area contributed by atoms with Crippen LogP contribution in [0.25, 0.3) is 33.5 Å². The summed E-state index contributed by atoms with van der Waals surface area (Å²) in [6.45, 7) is 4.29. The average molecular weight is 1850 g/mol. The Bertz CT molecular complexity index is 5480. The van der Waals surface area contributed by atoms with Crippen molar-refractivity contribution in [3.05, 3.63) is 130 Å². The topological polar surface area (TPSA) is 594 Å². The van der Waals surface area contributed by atoms with Crippen LogP contribution in [0.1, 0.15) is 138 Å². The molecule has 3 saturated carbocycles. The fraction of sp³-hybridized carbons (Fsp3) is 0.463. The zero-order valence-electron chi connectivity index (χ0n) is 61.3. The Balaban J connectivity index is 0.000000307. The van der Waals surface area contributed by atoms with Gasteiger partial charge in [-0.05, 0) is 90.7 Å². The summed E-state index contributed by atoms with van der Waals surface area (Å²) < 4.78 is 50.1. The number of nitrogens with one attached hydrogen (secondary N) is 2. The van der Waals surface area contributed by atoms with E-state index >= 15 is 0 Å². The first-order valence-electron chi connectivity index (χ1n) is 34.1. The quantitative estimate of drug-likeness (QED) is 0.0474. The van der Waals surface area contributed by atoms with Crippen LogP contribution < -0.4 is 32.8 Å². The van der Waals surface area contributed by atoms with Crippen molar-refractivity contribution in [2.45, 2.75) is 159 Å². The number of rotatable bonds is 12. The summed E-state index contributed by atoms with van der Waals surface area (Å²) in [7, 11) is 7.41. The van der Waals surface area contributed by atoms with Crippen LogP contribution in [0.3, 0.4) is 0 Å². The summed E-state index contributed by atoms with van der Waals surface area (Å²) in [5.74, 6) is 7.36. The summed E-state index contributed by atoms with van der Waals surface area (Å²) >= 11 is 15.2.